The van der Waals surface area contributed by atoms with Crippen molar-refractivity contribution in [2.45, 2.75) is 148 Å². The first-order chi connectivity index (χ1) is 13.5. The summed E-state index contributed by atoms with van der Waals surface area (Å²) in [4.78, 5) is 0. The molecular formula is C24H55NO2Si2. The molecule has 0 fully saturated rings. The van der Waals surface area contributed by atoms with E-state index in [0.29, 0.717) is 6.61 Å². The SMILES string of the molecule is CCCCCCCCCCCCCCC[C@@H](O[Si](C)(C)C)[C@@H](N)CO[Si](C)(C)C. The van der Waals surface area contributed by atoms with Crippen molar-refractivity contribution in [2.24, 2.45) is 5.73 Å². The monoisotopic (exact) mass is 445 g/mol. The molecule has 0 rings (SSSR count). The van der Waals surface area contributed by atoms with E-state index in [0.717, 1.165) is 6.42 Å². The Bertz CT molecular complexity index is 367. The topological polar surface area (TPSA) is 44.5 Å². The van der Waals surface area contributed by atoms with Gasteiger partial charge in [0, 0.05) is 0 Å². The lowest BCUT2D eigenvalue weighted by Crippen LogP contribution is -2.47. The van der Waals surface area contributed by atoms with Gasteiger partial charge < -0.3 is 14.6 Å². The van der Waals surface area contributed by atoms with Crippen LogP contribution in [-0.4, -0.2) is 35.4 Å². The Morgan fingerprint density at radius 1 is 0.621 bits per heavy atom. The van der Waals surface area contributed by atoms with Crippen molar-refractivity contribution in [1.82, 2.24) is 0 Å². The fraction of sp³-hybridized carbons (Fsp3) is 1.00. The number of hydrogen-bond acceptors (Lipinski definition) is 3. The van der Waals surface area contributed by atoms with Crippen LogP contribution >= 0.6 is 0 Å². The third kappa shape index (κ3) is 21.3. The molecule has 0 aliphatic rings. The van der Waals surface area contributed by atoms with Crippen molar-refractivity contribution in [3.05, 3.63) is 0 Å². The molecule has 0 aromatic carbocycles. The van der Waals surface area contributed by atoms with Gasteiger partial charge in [0.2, 0.25) is 0 Å². The Labute approximate surface area is 186 Å². The summed E-state index contributed by atoms with van der Waals surface area (Å²) >= 11 is 0. The summed E-state index contributed by atoms with van der Waals surface area (Å²) in [5.41, 5.74) is 6.47. The van der Waals surface area contributed by atoms with Gasteiger partial charge in [-0.05, 0) is 45.7 Å². The highest BCUT2D eigenvalue weighted by molar-refractivity contribution is 6.70. The van der Waals surface area contributed by atoms with Gasteiger partial charge in [0.1, 0.15) is 0 Å². The molecule has 0 amide bonds. The predicted octanol–water partition coefficient (Wildman–Crippen LogP) is 7.87. The normalized spacial score (nSPS) is 14.9. The van der Waals surface area contributed by atoms with E-state index in [-0.39, 0.29) is 12.1 Å². The molecule has 0 bridgehead atoms. The highest BCUT2D eigenvalue weighted by Gasteiger charge is 2.27. The molecule has 176 valence electrons. The second-order valence-corrected chi connectivity index (χ2v) is 19.9. The van der Waals surface area contributed by atoms with Crippen LogP contribution in [0.2, 0.25) is 39.3 Å². The Hall–Kier alpha value is 0.314. The second kappa shape index (κ2) is 16.9. The van der Waals surface area contributed by atoms with Crippen molar-refractivity contribution in [2.75, 3.05) is 6.61 Å². The first-order valence-electron chi connectivity index (χ1n) is 12.6. The van der Waals surface area contributed by atoms with Crippen LogP contribution in [-0.2, 0) is 8.85 Å². The van der Waals surface area contributed by atoms with Crippen LogP contribution in [0.1, 0.15) is 96.8 Å². The molecule has 0 saturated heterocycles. The number of nitrogens with two attached hydrogens (primary N) is 1. The summed E-state index contributed by atoms with van der Waals surface area (Å²) < 4.78 is 12.5. The molecule has 0 aromatic heterocycles. The quantitative estimate of drug-likeness (QED) is 0.153. The minimum absolute atomic E-state index is 0.00535. The first-order valence-corrected chi connectivity index (χ1v) is 19.4. The summed E-state index contributed by atoms with van der Waals surface area (Å²) in [6.45, 7) is 16.4. The number of hydrogen-bond donors (Lipinski definition) is 1. The smallest absolute Gasteiger partial charge is 0.184 e. The second-order valence-electron chi connectivity index (χ2n) is 10.9. The molecule has 29 heavy (non-hydrogen) atoms. The fourth-order valence-corrected chi connectivity index (χ4v) is 5.52. The van der Waals surface area contributed by atoms with E-state index in [1.165, 1.54) is 83.5 Å². The van der Waals surface area contributed by atoms with E-state index in [1.54, 1.807) is 0 Å². The minimum atomic E-state index is -1.59. The fourth-order valence-electron chi connectivity index (χ4n) is 3.63. The summed E-state index contributed by atoms with van der Waals surface area (Å²) in [6, 6.07) is 0.00535. The zero-order valence-corrected chi connectivity index (χ0v) is 23.2. The molecule has 0 aliphatic heterocycles. The average molecular weight is 446 g/mol. The number of rotatable bonds is 20. The summed E-state index contributed by atoms with van der Waals surface area (Å²) in [5, 5.41) is 0. The van der Waals surface area contributed by atoms with Gasteiger partial charge in [0.05, 0.1) is 18.8 Å². The molecule has 0 unspecified atom stereocenters. The van der Waals surface area contributed by atoms with Crippen LogP contribution in [0.4, 0.5) is 0 Å². The largest absolute Gasteiger partial charge is 0.416 e. The Morgan fingerprint density at radius 2 is 1.03 bits per heavy atom. The highest BCUT2D eigenvalue weighted by atomic mass is 28.4. The lowest BCUT2D eigenvalue weighted by molar-refractivity contribution is 0.118. The van der Waals surface area contributed by atoms with Crippen molar-refractivity contribution in [1.29, 1.82) is 0 Å². The molecule has 0 heterocycles. The zero-order chi connectivity index (χ0) is 22.2. The van der Waals surface area contributed by atoms with Gasteiger partial charge in [-0.15, -0.1) is 0 Å². The molecule has 0 radical (unpaired) electrons. The maximum atomic E-state index is 6.47. The minimum Gasteiger partial charge on any atom is -0.416 e. The third-order valence-electron chi connectivity index (χ3n) is 5.28. The van der Waals surface area contributed by atoms with Gasteiger partial charge in [-0.3, -0.25) is 0 Å². The van der Waals surface area contributed by atoms with Crippen molar-refractivity contribution < 1.29 is 8.85 Å². The van der Waals surface area contributed by atoms with Crippen LogP contribution in [0, 0.1) is 0 Å². The molecule has 2 atom stereocenters. The standard InChI is InChI=1S/C24H55NO2Si2/c1-8-9-10-11-12-13-14-15-16-17-18-19-20-21-24(27-29(5,6)7)23(25)22-26-28(2,3)4/h23-24H,8-22,25H2,1-7H3/t23-,24+/m0/s1. The van der Waals surface area contributed by atoms with E-state index in [9.17, 15) is 0 Å². The lowest BCUT2D eigenvalue weighted by atomic mass is 10.0. The first kappa shape index (κ1) is 29.3. The summed E-state index contributed by atoms with van der Waals surface area (Å²) in [6.07, 6.45) is 19.3. The van der Waals surface area contributed by atoms with Crippen LogP contribution in [0.15, 0.2) is 0 Å². The predicted molar refractivity (Wildman–Crippen MR) is 136 cm³/mol. The highest BCUT2D eigenvalue weighted by Crippen LogP contribution is 2.18. The average Bonchev–Trinajstić information content (AvgIpc) is 2.61. The van der Waals surface area contributed by atoms with Crippen LogP contribution in [0.5, 0.6) is 0 Å². The van der Waals surface area contributed by atoms with Crippen LogP contribution in [0.3, 0.4) is 0 Å². The summed E-state index contributed by atoms with van der Waals surface area (Å²) in [7, 11) is -3.11. The maximum Gasteiger partial charge on any atom is 0.184 e. The number of unbranched alkanes of at least 4 members (excludes halogenated alkanes) is 12. The van der Waals surface area contributed by atoms with Crippen molar-refractivity contribution in [3.63, 3.8) is 0 Å². The molecule has 0 aliphatic carbocycles. The molecule has 0 saturated carbocycles. The molecule has 5 heteroatoms. The van der Waals surface area contributed by atoms with E-state index in [4.69, 9.17) is 14.6 Å². The van der Waals surface area contributed by atoms with Gasteiger partial charge >= 0.3 is 0 Å². The molecule has 0 spiro atoms. The van der Waals surface area contributed by atoms with Gasteiger partial charge in [-0.1, -0.05) is 90.4 Å². The van der Waals surface area contributed by atoms with Gasteiger partial charge in [-0.2, -0.15) is 0 Å². The van der Waals surface area contributed by atoms with Gasteiger partial charge in [0.25, 0.3) is 0 Å². The Morgan fingerprint density at radius 3 is 1.41 bits per heavy atom. The van der Waals surface area contributed by atoms with Crippen molar-refractivity contribution in [3.8, 4) is 0 Å². The summed E-state index contributed by atoms with van der Waals surface area (Å²) in [5.74, 6) is 0. The van der Waals surface area contributed by atoms with Crippen molar-refractivity contribution >= 4 is 16.6 Å². The van der Waals surface area contributed by atoms with Crippen LogP contribution in [0.25, 0.3) is 0 Å². The third-order valence-corrected chi connectivity index (χ3v) is 7.33. The van der Waals surface area contributed by atoms with Gasteiger partial charge in [-0.25, -0.2) is 0 Å². The molecular weight excluding hydrogens is 390 g/mol. The van der Waals surface area contributed by atoms with Crippen LogP contribution < -0.4 is 5.73 Å². The molecule has 0 aromatic rings. The van der Waals surface area contributed by atoms with E-state index in [1.807, 2.05) is 0 Å². The van der Waals surface area contributed by atoms with E-state index < -0.39 is 16.6 Å². The van der Waals surface area contributed by atoms with Gasteiger partial charge in [0.15, 0.2) is 16.6 Å². The molecule has 3 nitrogen and oxygen atoms in total. The Kier molecular flexibility index (Phi) is 17.1. The zero-order valence-electron chi connectivity index (χ0n) is 21.2. The van der Waals surface area contributed by atoms with E-state index >= 15 is 0 Å². The van der Waals surface area contributed by atoms with E-state index in [2.05, 4.69) is 46.2 Å². The lowest BCUT2D eigenvalue weighted by Gasteiger charge is -2.32. The maximum absolute atomic E-state index is 6.47. The Balaban J connectivity index is 3.85. The molecule has 2 N–H and O–H groups in total.